The molecular weight excluding hydrogens is 608 g/mol. The van der Waals surface area contributed by atoms with Crippen molar-refractivity contribution in [2.75, 3.05) is 34.3 Å². The highest BCUT2D eigenvalue weighted by molar-refractivity contribution is 6.00. The van der Waals surface area contributed by atoms with E-state index >= 15 is 0 Å². The number of ketones is 2. The predicted octanol–water partition coefficient (Wildman–Crippen LogP) is 3.90. The first-order chi connectivity index (χ1) is 22.7. The van der Waals surface area contributed by atoms with E-state index in [2.05, 4.69) is 31.8 Å². The molecule has 3 amide bonds. The van der Waals surface area contributed by atoms with E-state index in [-0.39, 0.29) is 42.2 Å². The normalized spacial score (nSPS) is 16.2. The second-order valence-electron chi connectivity index (χ2n) is 14.4. The van der Waals surface area contributed by atoms with Crippen molar-refractivity contribution in [1.29, 1.82) is 0 Å². The van der Waals surface area contributed by atoms with Crippen LogP contribution in [-0.2, 0) is 19.2 Å². The highest BCUT2D eigenvalue weighted by Crippen LogP contribution is 2.39. The molecule has 48 heavy (non-hydrogen) atoms. The lowest BCUT2D eigenvalue weighted by Gasteiger charge is -2.28. The summed E-state index contributed by atoms with van der Waals surface area (Å²) in [5.41, 5.74) is 7.93. The molecule has 1 saturated carbocycles. The molecule has 1 fully saturated rings. The van der Waals surface area contributed by atoms with Gasteiger partial charge in [-0.15, -0.1) is 0 Å². The van der Waals surface area contributed by atoms with Crippen LogP contribution in [0.25, 0.3) is 11.1 Å². The van der Waals surface area contributed by atoms with Gasteiger partial charge in [-0.25, -0.2) is 0 Å². The average Bonchev–Trinajstić information content (AvgIpc) is 3.91. The number of nitrogens with zero attached hydrogens (tertiary/aromatic N) is 1. The van der Waals surface area contributed by atoms with E-state index in [4.69, 9.17) is 5.73 Å². The molecule has 0 spiro atoms. The molecule has 5 atom stereocenters. The number of primary amides is 1. The zero-order valence-corrected chi connectivity index (χ0v) is 29.2. The lowest BCUT2D eigenvalue weighted by Crippen LogP contribution is -2.51. The van der Waals surface area contributed by atoms with E-state index in [9.17, 15) is 29.1 Å². The van der Waals surface area contributed by atoms with E-state index in [1.54, 1.807) is 12.1 Å². The number of carbonyl (C=O) groups is 5. The van der Waals surface area contributed by atoms with Gasteiger partial charge in [0.05, 0.1) is 40.3 Å². The van der Waals surface area contributed by atoms with Gasteiger partial charge in [0.15, 0.2) is 11.6 Å². The number of amides is 3. The number of aliphatic hydroxyl groups excluding tert-OH is 1. The van der Waals surface area contributed by atoms with Gasteiger partial charge < -0.3 is 26.0 Å². The predicted molar refractivity (Wildman–Crippen MR) is 187 cm³/mol. The number of aliphatic hydroxyl groups is 1. The fourth-order valence-electron chi connectivity index (χ4n) is 5.97. The van der Waals surface area contributed by atoms with E-state index in [1.807, 2.05) is 56.3 Å². The summed E-state index contributed by atoms with van der Waals surface area (Å²) in [6, 6.07) is 15.2. The van der Waals surface area contributed by atoms with Crippen LogP contribution < -0.4 is 16.4 Å². The Balaban J connectivity index is 1.72. The number of quaternary nitrogens is 1. The van der Waals surface area contributed by atoms with Gasteiger partial charge in [-0.05, 0) is 55.1 Å². The Morgan fingerprint density at radius 3 is 2.04 bits per heavy atom. The Morgan fingerprint density at radius 1 is 0.875 bits per heavy atom. The number of hydrogen-bond acceptors (Lipinski definition) is 6. The number of Topliss-reactive ketones (excluding diaryl/α,β-unsaturated/α-hetero) is 2. The molecule has 0 heterocycles. The van der Waals surface area contributed by atoms with Crippen LogP contribution in [0.3, 0.4) is 0 Å². The van der Waals surface area contributed by atoms with Crippen molar-refractivity contribution < 1.29 is 33.6 Å². The summed E-state index contributed by atoms with van der Waals surface area (Å²) in [6.45, 7) is 4.06. The van der Waals surface area contributed by atoms with E-state index in [0.29, 0.717) is 24.8 Å². The summed E-state index contributed by atoms with van der Waals surface area (Å²) in [4.78, 5) is 66.0. The molecule has 0 aromatic heterocycles. The molecule has 10 heteroatoms. The zero-order chi connectivity index (χ0) is 35.4. The maximum Gasteiger partial charge on any atom is 0.242 e. The Bertz CT molecular complexity index is 1380. The third-order valence-electron chi connectivity index (χ3n) is 9.40. The van der Waals surface area contributed by atoms with Crippen LogP contribution >= 0.6 is 0 Å². The number of carbonyl (C=O) groups excluding carboxylic acids is 5. The molecule has 2 aromatic rings. The summed E-state index contributed by atoms with van der Waals surface area (Å²) >= 11 is 0. The molecule has 10 nitrogen and oxygen atoms in total. The molecule has 1 aliphatic rings. The third-order valence-corrected chi connectivity index (χ3v) is 9.40. The highest BCUT2D eigenvalue weighted by atomic mass is 16.3. The second-order valence-corrected chi connectivity index (χ2v) is 14.4. The third kappa shape index (κ3) is 12.0. The van der Waals surface area contributed by atoms with Crippen molar-refractivity contribution in [3.8, 4) is 11.1 Å². The first kappa shape index (κ1) is 38.6. The molecule has 3 rings (SSSR count). The number of unbranched alkanes of at least 4 members (excludes halogenated alkanes) is 1. The van der Waals surface area contributed by atoms with Gasteiger partial charge >= 0.3 is 0 Å². The Hall–Kier alpha value is -3.89. The Kier molecular flexibility index (Phi) is 14.5. The maximum atomic E-state index is 13.9. The van der Waals surface area contributed by atoms with Gasteiger partial charge in [0.2, 0.25) is 17.7 Å². The van der Waals surface area contributed by atoms with Crippen LogP contribution in [0, 0.1) is 23.7 Å². The molecule has 1 aliphatic carbocycles. The maximum absolute atomic E-state index is 13.9. The minimum Gasteiger partial charge on any atom is -0.394 e. The van der Waals surface area contributed by atoms with Crippen molar-refractivity contribution in [3.05, 3.63) is 60.2 Å². The lowest BCUT2D eigenvalue weighted by atomic mass is 9.86. The highest BCUT2D eigenvalue weighted by Gasteiger charge is 2.40. The summed E-state index contributed by atoms with van der Waals surface area (Å²) in [6.07, 6.45) is 4.14. The second kappa shape index (κ2) is 18.0. The van der Waals surface area contributed by atoms with Gasteiger partial charge in [-0.3, -0.25) is 24.0 Å². The summed E-state index contributed by atoms with van der Waals surface area (Å²) in [7, 11) is 6.24. The van der Waals surface area contributed by atoms with Gasteiger partial charge in [-0.2, -0.15) is 0 Å². The van der Waals surface area contributed by atoms with Crippen molar-refractivity contribution in [2.24, 2.45) is 29.4 Å². The van der Waals surface area contributed by atoms with Crippen LogP contribution in [0.15, 0.2) is 54.6 Å². The van der Waals surface area contributed by atoms with Crippen molar-refractivity contribution in [2.45, 2.75) is 77.3 Å². The SMILES string of the molecule is CC[C@H](C)C(NC(=O)[C@@H](CC(=O)c1ccc(-c2ccccc2)cc1)C1CC1)C(=O)C[C@@H](CCCC[N+](C)(C)C)C(=O)N[C@@H](CO)C(N)=O. The molecule has 0 aliphatic heterocycles. The monoisotopic (exact) mass is 663 g/mol. The zero-order valence-electron chi connectivity index (χ0n) is 29.2. The smallest absolute Gasteiger partial charge is 0.242 e. The quantitative estimate of drug-likeness (QED) is 0.0902. The van der Waals surface area contributed by atoms with Crippen LogP contribution in [-0.4, -0.2) is 85.3 Å². The molecule has 0 saturated heterocycles. The summed E-state index contributed by atoms with van der Waals surface area (Å²) < 4.78 is 0.760. The molecule has 5 N–H and O–H groups in total. The molecule has 1 unspecified atom stereocenters. The number of hydrogen-bond donors (Lipinski definition) is 4. The first-order valence-electron chi connectivity index (χ1n) is 17.3. The van der Waals surface area contributed by atoms with Gasteiger partial charge in [0.1, 0.15) is 6.04 Å². The van der Waals surface area contributed by atoms with Crippen LogP contribution in [0.4, 0.5) is 0 Å². The minimum absolute atomic E-state index is 0.0512. The largest absolute Gasteiger partial charge is 0.394 e. The summed E-state index contributed by atoms with van der Waals surface area (Å²) in [5, 5.41) is 15.0. The topological polar surface area (TPSA) is 156 Å². The van der Waals surface area contributed by atoms with Crippen molar-refractivity contribution >= 4 is 29.3 Å². The fourth-order valence-corrected chi connectivity index (χ4v) is 5.97. The molecule has 0 bridgehead atoms. The van der Waals surface area contributed by atoms with Crippen LogP contribution in [0.5, 0.6) is 0 Å². The average molecular weight is 664 g/mol. The minimum atomic E-state index is -1.25. The fraction of sp³-hybridized carbons (Fsp3) is 0.553. The molecular formula is C38H55N4O6+. The van der Waals surface area contributed by atoms with E-state index in [1.165, 1.54) is 0 Å². The van der Waals surface area contributed by atoms with Gasteiger partial charge in [0, 0.05) is 30.2 Å². The first-order valence-corrected chi connectivity index (χ1v) is 17.3. The van der Waals surface area contributed by atoms with Crippen molar-refractivity contribution in [1.82, 2.24) is 10.6 Å². The number of rotatable bonds is 21. The Labute approximate surface area is 285 Å². The lowest BCUT2D eigenvalue weighted by molar-refractivity contribution is -0.870. The molecule has 2 aromatic carbocycles. The standard InChI is InChI=1S/C38H54N4O6/c1-6-25(2)35(34(45)22-30(14-10-11-21-42(3,4)5)37(47)40-32(24-43)36(39)46)41-38(48)31(28-17-18-28)23-33(44)29-19-15-27(16-20-29)26-12-8-7-9-13-26/h7-9,12-13,15-16,19-20,25,28,30-32,35,43H,6,10-11,14,17-18,21-24H2,1-5H3,(H3-,39,40,41,46,47,48)/p+1/t25-,30+,31-,32-,35?/m0/s1. The number of benzene rings is 2. The van der Waals surface area contributed by atoms with Crippen LogP contribution in [0.2, 0.25) is 0 Å². The summed E-state index contributed by atoms with van der Waals surface area (Å²) in [5.74, 6) is -3.55. The number of nitrogens with one attached hydrogen (secondary N) is 2. The van der Waals surface area contributed by atoms with Gasteiger partial charge in [0.25, 0.3) is 0 Å². The van der Waals surface area contributed by atoms with E-state index in [0.717, 1.165) is 41.4 Å². The van der Waals surface area contributed by atoms with Crippen molar-refractivity contribution in [3.63, 3.8) is 0 Å². The Morgan fingerprint density at radius 2 is 1.50 bits per heavy atom. The van der Waals surface area contributed by atoms with Gasteiger partial charge in [-0.1, -0.05) is 74.9 Å². The van der Waals surface area contributed by atoms with E-state index < -0.39 is 42.3 Å². The number of nitrogens with two attached hydrogens (primary N) is 1. The van der Waals surface area contributed by atoms with Crippen LogP contribution in [0.1, 0.15) is 75.6 Å². The molecule has 262 valence electrons. The molecule has 0 radical (unpaired) electrons.